The van der Waals surface area contributed by atoms with E-state index in [0.29, 0.717) is 5.92 Å². The zero-order valence-electron chi connectivity index (χ0n) is 10.1. The number of nitrogens with two attached hydrogens (primary N) is 1. The van der Waals surface area contributed by atoms with Gasteiger partial charge in [0.1, 0.15) is 0 Å². The second-order valence-electron chi connectivity index (χ2n) is 4.38. The Morgan fingerprint density at radius 1 is 1.50 bits per heavy atom. The van der Waals surface area contributed by atoms with Gasteiger partial charge in [0.25, 0.3) is 5.97 Å². The molecule has 3 nitrogen and oxygen atoms in total. The van der Waals surface area contributed by atoms with Gasteiger partial charge in [0, 0.05) is 12.5 Å². The lowest BCUT2D eigenvalue weighted by Crippen LogP contribution is -2.39. The summed E-state index contributed by atoms with van der Waals surface area (Å²) in [6.07, 6.45) is 3.85. The van der Waals surface area contributed by atoms with Gasteiger partial charge in [-0.05, 0) is 26.2 Å². The third-order valence-electron chi connectivity index (χ3n) is 2.26. The van der Waals surface area contributed by atoms with Gasteiger partial charge in [-0.1, -0.05) is 26.7 Å². The zero-order chi connectivity index (χ0) is 11.8. The Bertz CT molecular complexity index is 146. The minimum atomic E-state index is -0.833. The quantitative estimate of drug-likeness (QED) is 0.738. The molecule has 0 saturated heterocycles. The summed E-state index contributed by atoms with van der Waals surface area (Å²) in [5.41, 5.74) is 5.93. The Morgan fingerprint density at radius 2 is 1.86 bits per heavy atom. The molecule has 3 N–H and O–H groups in total. The highest BCUT2D eigenvalue weighted by atomic mass is 16.4. The van der Waals surface area contributed by atoms with Crippen LogP contribution in [0.1, 0.15) is 53.9 Å². The Balaban J connectivity index is 0. The minimum absolute atomic E-state index is 0.00910. The number of rotatable bonds is 4. The second-order valence-corrected chi connectivity index (χ2v) is 4.38. The Morgan fingerprint density at radius 3 is 2.07 bits per heavy atom. The van der Waals surface area contributed by atoms with Gasteiger partial charge in [-0.3, -0.25) is 4.79 Å². The van der Waals surface area contributed by atoms with Crippen molar-refractivity contribution in [1.29, 1.82) is 0 Å². The van der Waals surface area contributed by atoms with E-state index < -0.39 is 5.97 Å². The van der Waals surface area contributed by atoms with Gasteiger partial charge >= 0.3 is 0 Å². The maximum Gasteiger partial charge on any atom is 0.300 e. The van der Waals surface area contributed by atoms with Crippen LogP contribution in [0.25, 0.3) is 0 Å². The van der Waals surface area contributed by atoms with Crippen LogP contribution in [0.5, 0.6) is 0 Å². The van der Waals surface area contributed by atoms with Gasteiger partial charge in [-0.25, -0.2) is 0 Å². The first-order valence-corrected chi connectivity index (χ1v) is 5.20. The van der Waals surface area contributed by atoms with Crippen molar-refractivity contribution in [3.05, 3.63) is 0 Å². The third kappa shape index (κ3) is 14.0. The van der Waals surface area contributed by atoms with E-state index >= 15 is 0 Å². The molecule has 1 atom stereocenters. The normalized spacial score (nSPS) is 12.7. The Hall–Kier alpha value is -0.570. The predicted octanol–water partition coefficient (Wildman–Crippen LogP) is 2.64. The molecule has 0 amide bonds. The van der Waals surface area contributed by atoms with Crippen LogP contribution in [0.3, 0.4) is 0 Å². The summed E-state index contributed by atoms with van der Waals surface area (Å²) in [4.78, 5) is 9.00. The van der Waals surface area contributed by atoms with Gasteiger partial charge in [-0.15, -0.1) is 0 Å². The smallest absolute Gasteiger partial charge is 0.300 e. The average Bonchev–Trinajstić information content (AvgIpc) is 1.97. The summed E-state index contributed by atoms with van der Waals surface area (Å²) in [7, 11) is 0. The topological polar surface area (TPSA) is 63.3 Å². The van der Waals surface area contributed by atoms with Gasteiger partial charge in [0.15, 0.2) is 0 Å². The molecule has 0 rings (SSSR count). The van der Waals surface area contributed by atoms with Crippen LogP contribution in [0, 0.1) is 5.92 Å². The number of carboxylic acid groups (broad SMARTS) is 1. The molecule has 0 spiro atoms. The van der Waals surface area contributed by atoms with Gasteiger partial charge < -0.3 is 10.8 Å². The van der Waals surface area contributed by atoms with Crippen molar-refractivity contribution < 1.29 is 9.90 Å². The maximum atomic E-state index is 9.00. The molecule has 0 aliphatic carbocycles. The highest BCUT2D eigenvalue weighted by Crippen LogP contribution is 2.18. The lowest BCUT2D eigenvalue weighted by molar-refractivity contribution is -0.134. The van der Waals surface area contributed by atoms with Crippen LogP contribution < -0.4 is 5.73 Å². The number of hydrogen-bond donors (Lipinski definition) is 2. The molecule has 0 radical (unpaired) electrons. The number of carbonyl (C=O) groups is 1. The molecule has 0 aromatic carbocycles. The van der Waals surface area contributed by atoms with E-state index in [4.69, 9.17) is 15.6 Å². The van der Waals surface area contributed by atoms with E-state index in [1.54, 1.807) is 0 Å². The van der Waals surface area contributed by atoms with E-state index in [1.807, 2.05) is 0 Å². The van der Waals surface area contributed by atoms with Crippen LogP contribution >= 0.6 is 0 Å². The highest BCUT2D eigenvalue weighted by molar-refractivity contribution is 5.62. The van der Waals surface area contributed by atoms with Gasteiger partial charge in [-0.2, -0.15) is 0 Å². The molecule has 3 heteroatoms. The van der Waals surface area contributed by atoms with Crippen LogP contribution in [-0.4, -0.2) is 16.6 Å². The fourth-order valence-electron chi connectivity index (χ4n) is 0.882. The van der Waals surface area contributed by atoms with Crippen molar-refractivity contribution in [1.82, 2.24) is 0 Å². The van der Waals surface area contributed by atoms with Gasteiger partial charge in [0.05, 0.1) is 0 Å². The summed E-state index contributed by atoms with van der Waals surface area (Å²) in [5, 5.41) is 7.42. The van der Waals surface area contributed by atoms with Crippen molar-refractivity contribution in [2.75, 3.05) is 0 Å². The predicted molar refractivity (Wildman–Crippen MR) is 60.3 cm³/mol. The number of aliphatic carboxylic acids is 1. The summed E-state index contributed by atoms with van der Waals surface area (Å²) in [6, 6.07) is 0. The molecule has 0 fully saturated rings. The van der Waals surface area contributed by atoms with E-state index in [-0.39, 0.29) is 5.54 Å². The van der Waals surface area contributed by atoms with Crippen molar-refractivity contribution in [3.63, 3.8) is 0 Å². The first-order valence-electron chi connectivity index (χ1n) is 5.20. The molecule has 0 aromatic rings. The molecule has 0 aromatic heterocycles. The van der Waals surface area contributed by atoms with Crippen molar-refractivity contribution in [2.24, 2.45) is 11.7 Å². The molecule has 0 aliphatic heterocycles. The molecule has 0 aliphatic rings. The van der Waals surface area contributed by atoms with E-state index in [2.05, 4.69) is 27.7 Å². The minimum Gasteiger partial charge on any atom is -0.481 e. The molecule has 0 saturated carbocycles. The molecule has 86 valence electrons. The summed E-state index contributed by atoms with van der Waals surface area (Å²) in [6.45, 7) is 9.74. The highest BCUT2D eigenvalue weighted by Gasteiger charge is 2.18. The Labute approximate surface area is 87.7 Å². The summed E-state index contributed by atoms with van der Waals surface area (Å²) < 4.78 is 0. The Kier molecular flexibility index (Phi) is 8.85. The molecule has 1 unspecified atom stereocenters. The molecular formula is C11H25NO2. The molecule has 0 bridgehead atoms. The van der Waals surface area contributed by atoms with Crippen molar-refractivity contribution >= 4 is 5.97 Å². The SMILES string of the molecule is CC(=O)O.CCCCC(C)C(C)(C)N. The lowest BCUT2D eigenvalue weighted by Gasteiger charge is -2.26. The number of carboxylic acids is 1. The van der Waals surface area contributed by atoms with Crippen LogP contribution in [0.2, 0.25) is 0 Å². The monoisotopic (exact) mass is 203 g/mol. The van der Waals surface area contributed by atoms with E-state index in [0.717, 1.165) is 6.92 Å². The fourth-order valence-corrected chi connectivity index (χ4v) is 0.882. The molecule has 0 heterocycles. The lowest BCUT2D eigenvalue weighted by atomic mass is 9.86. The summed E-state index contributed by atoms with van der Waals surface area (Å²) in [5.74, 6) is -0.188. The van der Waals surface area contributed by atoms with E-state index in [9.17, 15) is 0 Å². The van der Waals surface area contributed by atoms with Crippen molar-refractivity contribution in [3.8, 4) is 0 Å². The van der Waals surface area contributed by atoms with Crippen molar-refractivity contribution in [2.45, 2.75) is 59.4 Å². The maximum absolute atomic E-state index is 9.00. The summed E-state index contributed by atoms with van der Waals surface area (Å²) >= 11 is 0. The molecular weight excluding hydrogens is 178 g/mol. The third-order valence-corrected chi connectivity index (χ3v) is 2.26. The van der Waals surface area contributed by atoms with Gasteiger partial charge in [0.2, 0.25) is 0 Å². The van der Waals surface area contributed by atoms with Crippen LogP contribution in [0.4, 0.5) is 0 Å². The van der Waals surface area contributed by atoms with Crippen LogP contribution in [-0.2, 0) is 4.79 Å². The molecule has 14 heavy (non-hydrogen) atoms. The van der Waals surface area contributed by atoms with E-state index in [1.165, 1.54) is 19.3 Å². The zero-order valence-corrected chi connectivity index (χ0v) is 10.1. The number of hydrogen-bond acceptors (Lipinski definition) is 2. The largest absolute Gasteiger partial charge is 0.481 e. The average molecular weight is 203 g/mol. The second kappa shape index (κ2) is 7.80. The van der Waals surface area contributed by atoms with Crippen LogP contribution in [0.15, 0.2) is 0 Å². The fraction of sp³-hybridized carbons (Fsp3) is 0.909. The number of unbranched alkanes of at least 4 members (excludes halogenated alkanes) is 1. The first-order chi connectivity index (χ1) is 6.21. The first kappa shape index (κ1) is 15.9. The standard InChI is InChI=1S/C9H21N.C2H4O2/c1-5-6-7-8(2)9(3,4)10;1-2(3)4/h8H,5-7,10H2,1-4H3;1H3,(H,3,4).